The Morgan fingerprint density at radius 2 is 2.03 bits per heavy atom. The van der Waals surface area contributed by atoms with Gasteiger partial charge in [0.1, 0.15) is 24.2 Å². The molecule has 0 spiro atoms. The Bertz CT molecular complexity index is 1060. The highest BCUT2D eigenvalue weighted by Gasteiger charge is 2.40. The molecule has 0 aliphatic heterocycles. The molecule has 31 heavy (non-hydrogen) atoms. The summed E-state index contributed by atoms with van der Waals surface area (Å²) in [6, 6.07) is 0.665. The number of carbonyl (C=O) groups excluding carboxylic acids is 1. The number of nitrogens with zero attached hydrogens (tertiary/aromatic N) is 7. The van der Waals surface area contributed by atoms with Crippen molar-refractivity contribution in [1.82, 2.24) is 34.6 Å². The molecular weight excluding hydrogens is 400 g/mol. The van der Waals surface area contributed by atoms with Gasteiger partial charge in [0.15, 0.2) is 17.0 Å². The molecule has 3 N–H and O–H groups in total. The number of carbonyl (C=O) groups is 1. The molecule has 3 aromatic rings. The van der Waals surface area contributed by atoms with Crippen molar-refractivity contribution in [3.05, 3.63) is 30.6 Å². The first-order valence-corrected chi connectivity index (χ1v) is 10.5. The smallest absolute Gasteiger partial charge is 0.272 e. The van der Waals surface area contributed by atoms with Crippen molar-refractivity contribution >= 4 is 22.9 Å². The molecule has 1 aliphatic rings. The van der Waals surface area contributed by atoms with Crippen LogP contribution in [0, 0.1) is 0 Å². The minimum absolute atomic E-state index is 0.297. The van der Waals surface area contributed by atoms with Crippen molar-refractivity contribution in [2.75, 3.05) is 19.0 Å². The van der Waals surface area contributed by atoms with Gasteiger partial charge in [-0.1, -0.05) is 6.92 Å². The number of anilines is 1. The van der Waals surface area contributed by atoms with E-state index in [9.17, 15) is 15.0 Å². The van der Waals surface area contributed by atoms with Crippen LogP contribution in [0.5, 0.6) is 0 Å². The fourth-order valence-corrected chi connectivity index (χ4v) is 4.11. The highest BCUT2D eigenvalue weighted by molar-refractivity contribution is 5.92. The summed E-state index contributed by atoms with van der Waals surface area (Å²) in [6.07, 6.45) is 4.57. The van der Waals surface area contributed by atoms with Crippen LogP contribution in [0.2, 0.25) is 0 Å². The van der Waals surface area contributed by atoms with E-state index in [4.69, 9.17) is 0 Å². The number of imidazole rings is 1. The van der Waals surface area contributed by atoms with E-state index in [-0.39, 0.29) is 5.91 Å². The normalized spacial score (nSPS) is 23.8. The molecular formula is C20H28N8O3. The van der Waals surface area contributed by atoms with Gasteiger partial charge in [0.2, 0.25) is 0 Å². The van der Waals surface area contributed by atoms with Gasteiger partial charge in [-0.25, -0.2) is 15.0 Å². The molecule has 1 amide bonds. The molecule has 4 rings (SSSR count). The minimum atomic E-state index is -1.13. The van der Waals surface area contributed by atoms with E-state index in [1.807, 2.05) is 25.9 Å². The second-order valence-corrected chi connectivity index (χ2v) is 8.09. The van der Waals surface area contributed by atoms with Crippen LogP contribution < -0.4 is 10.2 Å². The predicted molar refractivity (Wildman–Crippen MR) is 114 cm³/mol. The van der Waals surface area contributed by atoms with E-state index in [1.165, 1.54) is 6.33 Å². The zero-order valence-electron chi connectivity index (χ0n) is 17.9. The summed E-state index contributed by atoms with van der Waals surface area (Å²) in [5.41, 5.74) is 1.52. The van der Waals surface area contributed by atoms with Crippen LogP contribution in [0.3, 0.4) is 0 Å². The average Bonchev–Trinajstić information content (AvgIpc) is 3.39. The number of hydrogen-bond acceptors (Lipinski definition) is 8. The molecule has 0 aromatic carbocycles. The Hall–Kier alpha value is -3.05. The maximum atomic E-state index is 12.6. The number of amides is 1. The number of nitrogens with one attached hydrogen (secondary N) is 1. The van der Waals surface area contributed by atoms with E-state index in [0.717, 1.165) is 13.0 Å². The SMILES string of the molecule is CCCn1ccc(C(=O)N[C@@H]2CC[C@@H](n3cnc4c(N(C)C)ncnc43)[C@H](O)[C@H]2O)n1. The second-order valence-electron chi connectivity index (χ2n) is 8.09. The Morgan fingerprint density at radius 1 is 1.23 bits per heavy atom. The summed E-state index contributed by atoms with van der Waals surface area (Å²) in [4.78, 5) is 27.4. The van der Waals surface area contributed by atoms with Gasteiger partial charge in [-0.05, 0) is 25.3 Å². The van der Waals surface area contributed by atoms with E-state index in [2.05, 4.69) is 25.4 Å². The molecule has 3 heterocycles. The summed E-state index contributed by atoms with van der Waals surface area (Å²) in [5, 5.41) is 28.7. The lowest BCUT2D eigenvalue weighted by Gasteiger charge is -2.38. The molecule has 0 unspecified atom stereocenters. The van der Waals surface area contributed by atoms with Gasteiger partial charge in [0.25, 0.3) is 5.91 Å². The van der Waals surface area contributed by atoms with Crippen molar-refractivity contribution in [2.24, 2.45) is 0 Å². The lowest BCUT2D eigenvalue weighted by Crippen LogP contribution is -2.54. The van der Waals surface area contributed by atoms with Gasteiger partial charge in [-0.15, -0.1) is 0 Å². The fourth-order valence-electron chi connectivity index (χ4n) is 4.11. The summed E-state index contributed by atoms with van der Waals surface area (Å²) in [7, 11) is 3.75. The number of aromatic nitrogens is 6. The first-order valence-electron chi connectivity index (χ1n) is 10.5. The number of aliphatic hydroxyl groups is 2. The summed E-state index contributed by atoms with van der Waals surface area (Å²) >= 11 is 0. The summed E-state index contributed by atoms with van der Waals surface area (Å²) < 4.78 is 3.49. The van der Waals surface area contributed by atoms with Gasteiger partial charge in [0, 0.05) is 26.8 Å². The Labute approximate surface area is 179 Å². The minimum Gasteiger partial charge on any atom is -0.388 e. The van der Waals surface area contributed by atoms with Gasteiger partial charge >= 0.3 is 0 Å². The van der Waals surface area contributed by atoms with E-state index < -0.39 is 24.3 Å². The molecule has 3 aromatic heterocycles. The number of aryl methyl sites for hydroxylation is 1. The molecule has 166 valence electrons. The Kier molecular flexibility index (Phi) is 5.88. The van der Waals surface area contributed by atoms with E-state index >= 15 is 0 Å². The molecule has 0 radical (unpaired) electrons. The second kappa shape index (κ2) is 8.60. The fraction of sp³-hybridized carbons (Fsp3) is 0.550. The maximum Gasteiger partial charge on any atom is 0.272 e. The van der Waals surface area contributed by atoms with Crippen LogP contribution in [0.25, 0.3) is 11.2 Å². The highest BCUT2D eigenvalue weighted by atomic mass is 16.3. The zero-order chi connectivity index (χ0) is 22.1. The molecule has 11 heteroatoms. The predicted octanol–water partition coefficient (Wildman–Crippen LogP) is 0.354. The summed E-state index contributed by atoms with van der Waals surface area (Å²) in [6.45, 7) is 2.77. The lowest BCUT2D eigenvalue weighted by atomic mass is 9.85. The molecule has 0 bridgehead atoms. The van der Waals surface area contributed by atoms with Crippen molar-refractivity contribution in [3.8, 4) is 0 Å². The largest absolute Gasteiger partial charge is 0.388 e. The Morgan fingerprint density at radius 3 is 2.77 bits per heavy atom. The standard InChI is InChI=1S/C20H28N8O3/c1-4-8-27-9-7-13(25-27)20(31)24-12-5-6-14(17(30)16(12)29)28-11-23-15-18(26(2)3)21-10-22-19(15)28/h7,9-12,14,16-17,29-30H,4-6,8H2,1-3H3,(H,24,31)/t12-,14-,16+,17+/m1/s1. The molecule has 1 saturated carbocycles. The maximum absolute atomic E-state index is 12.6. The number of rotatable bonds is 6. The molecule has 4 atom stereocenters. The molecule has 0 saturated heterocycles. The summed E-state index contributed by atoms with van der Waals surface area (Å²) in [5.74, 6) is 0.322. The van der Waals surface area contributed by atoms with Crippen LogP contribution in [0.1, 0.15) is 42.7 Å². The van der Waals surface area contributed by atoms with Crippen molar-refractivity contribution in [3.63, 3.8) is 0 Å². The quantitative estimate of drug-likeness (QED) is 0.512. The first kappa shape index (κ1) is 21.2. The van der Waals surface area contributed by atoms with Crippen molar-refractivity contribution < 1.29 is 15.0 Å². The lowest BCUT2D eigenvalue weighted by molar-refractivity contribution is -0.0553. The number of fused-ring (bicyclic) bond motifs is 1. The topological polar surface area (TPSA) is 134 Å². The molecule has 1 aliphatic carbocycles. The van der Waals surface area contributed by atoms with Crippen molar-refractivity contribution in [2.45, 2.75) is 57.0 Å². The van der Waals surface area contributed by atoms with Gasteiger partial charge in [-0.3, -0.25) is 9.48 Å². The third-order valence-corrected chi connectivity index (χ3v) is 5.69. The van der Waals surface area contributed by atoms with E-state index in [0.29, 0.717) is 35.5 Å². The van der Waals surface area contributed by atoms with Gasteiger partial charge in [-0.2, -0.15) is 5.10 Å². The zero-order valence-corrected chi connectivity index (χ0v) is 17.9. The monoisotopic (exact) mass is 428 g/mol. The average molecular weight is 428 g/mol. The highest BCUT2D eigenvalue weighted by Crippen LogP contribution is 2.32. The number of aliphatic hydroxyl groups excluding tert-OH is 2. The van der Waals surface area contributed by atoms with Gasteiger partial charge in [0.05, 0.1) is 18.4 Å². The number of hydrogen-bond donors (Lipinski definition) is 3. The Balaban J connectivity index is 1.49. The third kappa shape index (κ3) is 3.98. The molecule has 1 fully saturated rings. The van der Waals surface area contributed by atoms with Crippen molar-refractivity contribution in [1.29, 1.82) is 0 Å². The van der Waals surface area contributed by atoms with Gasteiger partial charge < -0.3 is 25.0 Å². The third-order valence-electron chi connectivity index (χ3n) is 5.69. The van der Waals surface area contributed by atoms with Crippen LogP contribution in [0.4, 0.5) is 5.82 Å². The van der Waals surface area contributed by atoms with Crippen LogP contribution >= 0.6 is 0 Å². The van der Waals surface area contributed by atoms with Crippen LogP contribution in [0.15, 0.2) is 24.9 Å². The first-order chi connectivity index (χ1) is 14.9. The van der Waals surface area contributed by atoms with E-state index in [1.54, 1.807) is 27.8 Å². The van der Waals surface area contributed by atoms with Crippen LogP contribution in [-0.4, -0.2) is 77.8 Å². The molecule has 11 nitrogen and oxygen atoms in total. The van der Waals surface area contributed by atoms with Crippen LogP contribution in [-0.2, 0) is 6.54 Å².